The molecule has 1 aromatic heterocycles. The van der Waals surface area contributed by atoms with Crippen LogP contribution in [0.25, 0.3) is 10.9 Å². The first-order valence-electron chi connectivity index (χ1n) is 7.17. The fourth-order valence-corrected chi connectivity index (χ4v) is 3.14. The first-order valence-corrected chi connectivity index (χ1v) is 7.17. The predicted octanol–water partition coefficient (Wildman–Crippen LogP) is 2.20. The third-order valence-electron chi connectivity index (χ3n) is 4.18. The van der Waals surface area contributed by atoms with Crippen LogP contribution < -0.4 is 10.6 Å². The Labute approximate surface area is 120 Å². The number of hydrogen-bond donors (Lipinski definition) is 1. The van der Waals surface area contributed by atoms with Crippen molar-refractivity contribution in [3.05, 3.63) is 30.5 Å². The summed E-state index contributed by atoms with van der Waals surface area (Å²) in [6.07, 6.45) is 3.16. The molecule has 3 rings (SSSR count). The van der Waals surface area contributed by atoms with Crippen LogP contribution in [0.15, 0.2) is 30.5 Å². The Hall–Kier alpha value is -1.81. The number of likely N-dealkylation sites (tertiary alicyclic amines) is 1. The van der Waals surface area contributed by atoms with Crippen molar-refractivity contribution in [3.63, 3.8) is 0 Å². The quantitative estimate of drug-likeness (QED) is 0.869. The van der Waals surface area contributed by atoms with E-state index in [1.165, 1.54) is 30.6 Å². The summed E-state index contributed by atoms with van der Waals surface area (Å²) in [4.78, 5) is 9.17. The molecule has 2 aromatic rings. The third kappa shape index (κ3) is 2.56. The van der Waals surface area contributed by atoms with Gasteiger partial charge in [-0.2, -0.15) is 0 Å². The number of fused-ring (bicyclic) bond motifs is 1. The monoisotopic (exact) mass is 270 g/mol. The van der Waals surface area contributed by atoms with Crippen LogP contribution in [0.1, 0.15) is 6.42 Å². The van der Waals surface area contributed by atoms with Crippen molar-refractivity contribution in [2.45, 2.75) is 6.42 Å². The number of anilines is 2. The van der Waals surface area contributed by atoms with E-state index >= 15 is 0 Å². The molecular weight excluding hydrogens is 248 g/mol. The Morgan fingerprint density at radius 3 is 3.00 bits per heavy atom. The number of nitrogens with zero attached hydrogens (tertiary/aromatic N) is 3. The maximum Gasteiger partial charge on any atom is 0.0743 e. The zero-order valence-electron chi connectivity index (χ0n) is 12.2. The van der Waals surface area contributed by atoms with Gasteiger partial charge in [0.05, 0.1) is 5.52 Å². The molecule has 0 aliphatic carbocycles. The summed E-state index contributed by atoms with van der Waals surface area (Å²) in [5, 5.41) is 1.18. The molecule has 2 heterocycles. The van der Waals surface area contributed by atoms with Gasteiger partial charge in [0.15, 0.2) is 0 Å². The zero-order chi connectivity index (χ0) is 14.1. The van der Waals surface area contributed by atoms with E-state index in [0.29, 0.717) is 0 Å². The van der Waals surface area contributed by atoms with Crippen LogP contribution in [0.4, 0.5) is 11.4 Å². The van der Waals surface area contributed by atoms with E-state index in [2.05, 4.69) is 41.0 Å². The fourth-order valence-electron chi connectivity index (χ4n) is 3.14. The van der Waals surface area contributed by atoms with Crippen molar-refractivity contribution in [1.82, 2.24) is 9.88 Å². The number of aromatic nitrogens is 1. The predicted molar refractivity (Wildman–Crippen MR) is 85.0 cm³/mol. The summed E-state index contributed by atoms with van der Waals surface area (Å²) in [5.41, 5.74) is 8.81. The van der Waals surface area contributed by atoms with E-state index in [0.717, 1.165) is 23.7 Å². The van der Waals surface area contributed by atoms with Gasteiger partial charge in [-0.3, -0.25) is 4.98 Å². The van der Waals surface area contributed by atoms with Gasteiger partial charge < -0.3 is 15.5 Å². The smallest absolute Gasteiger partial charge is 0.0743 e. The summed E-state index contributed by atoms with van der Waals surface area (Å²) in [5.74, 6) is 0.752. The first kappa shape index (κ1) is 13.2. The van der Waals surface area contributed by atoms with Gasteiger partial charge >= 0.3 is 0 Å². The lowest BCUT2D eigenvalue weighted by Gasteiger charge is -2.24. The summed E-state index contributed by atoms with van der Waals surface area (Å²) in [6.45, 7) is 3.50. The van der Waals surface area contributed by atoms with Gasteiger partial charge in [0, 0.05) is 43.1 Å². The second-order valence-electron chi connectivity index (χ2n) is 5.90. The van der Waals surface area contributed by atoms with Crippen LogP contribution >= 0.6 is 0 Å². The van der Waals surface area contributed by atoms with Crippen LogP contribution in [-0.4, -0.2) is 43.6 Å². The van der Waals surface area contributed by atoms with Crippen molar-refractivity contribution in [3.8, 4) is 0 Å². The minimum atomic E-state index is 0.752. The Morgan fingerprint density at radius 1 is 1.40 bits per heavy atom. The van der Waals surface area contributed by atoms with Crippen molar-refractivity contribution in [1.29, 1.82) is 0 Å². The number of nitrogens with two attached hydrogens (primary N) is 1. The molecule has 1 saturated heterocycles. The number of hydrogen-bond acceptors (Lipinski definition) is 4. The van der Waals surface area contributed by atoms with Crippen molar-refractivity contribution < 1.29 is 0 Å². The summed E-state index contributed by atoms with van der Waals surface area (Å²) in [6, 6.07) is 8.06. The van der Waals surface area contributed by atoms with E-state index in [4.69, 9.17) is 5.73 Å². The number of benzene rings is 1. The largest absolute Gasteiger partial charge is 0.399 e. The average Bonchev–Trinajstić information content (AvgIpc) is 2.83. The van der Waals surface area contributed by atoms with E-state index in [1.54, 1.807) is 0 Å². The minimum absolute atomic E-state index is 0.752. The Bertz CT molecular complexity index is 610. The maximum absolute atomic E-state index is 5.84. The lowest BCUT2D eigenvalue weighted by Crippen LogP contribution is -2.27. The summed E-state index contributed by atoms with van der Waals surface area (Å²) in [7, 11) is 4.37. The van der Waals surface area contributed by atoms with Gasteiger partial charge in [-0.25, -0.2) is 0 Å². The molecule has 0 saturated carbocycles. The zero-order valence-corrected chi connectivity index (χ0v) is 12.2. The molecule has 1 atom stereocenters. The molecule has 4 heteroatoms. The van der Waals surface area contributed by atoms with Gasteiger partial charge in [-0.05, 0) is 50.2 Å². The molecule has 1 aliphatic rings. The standard InChI is InChI=1S/C16H22N4/c1-19-8-6-12(10-19)11-20(2)16-5-7-18-15-9-13(17)3-4-14(15)16/h3-5,7,9,12H,6,8,10-11,17H2,1-2H3. The molecule has 106 valence electrons. The molecule has 2 N–H and O–H groups in total. The Balaban J connectivity index is 1.85. The Morgan fingerprint density at radius 2 is 2.25 bits per heavy atom. The van der Waals surface area contributed by atoms with Crippen LogP contribution in [0.3, 0.4) is 0 Å². The molecule has 1 fully saturated rings. The molecule has 0 amide bonds. The lowest BCUT2D eigenvalue weighted by atomic mass is 10.1. The van der Waals surface area contributed by atoms with Crippen molar-refractivity contribution in [2.75, 3.05) is 44.4 Å². The second-order valence-corrected chi connectivity index (χ2v) is 5.90. The van der Waals surface area contributed by atoms with Crippen molar-refractivity contribution in [2.24, 2.45) is 5.92 Å². The number of nitrogen functional groups attached to an aromatic ring is 1. The van der Waals surface area contributed by atoms with Crippen LogP contribution in [-0.2, 0) is 0 Å². The highest BCUT2D eigenvalue weighted by Gasteiger charge is 2.21. The van der Waals surface area contributed by atoms with Crippen LogP contribution in [0.2, 0.25) is 0 Å². The van der Waals surface area contributed by atoms with E-state index in [1.807, 2.05) is 18.3 Å². The van der Waals surface area contributed by atoms with Crippen molar-refractivity contribution >= 4 is 22.3 Å². The molecule has 0 spiro atoms. The second kappa shape index (κ2) is 5.29. The SMILES string of the molecule is CN1CCC(CN(C)c2ccnc3cc(N)ccc23)C1. The molecule has 0 radical (unpaired) electrons. The third-order valence-corrected chi connectivity index (χ3v) is 4.18. The highest BCUT2D eigenvalue weighted by molar-refractivity contribution is 5.93. The maximum atomic E-state index is 5.84. The molecule has 20 heavy (non-hydrogen) atoms. The summed E-state index contributed by atoms with van der Waals surface area (Å²) >= 11 is 0. The van der Waals surface area contributed by atoms with Crippen LogP contribution in [0.5, 0.6) is 0 Å². The van der Waals surface area contributed by atoms with Gasteiger partial charge in [0.1, 0.15) is 0 Å². The van der Waals surface area contributed by atoms with Gasteiger partial charge in [0.2, 0.25) is 0 Å². The fraction of sp³-hybridized carbons (Fsp3) is 0.438. The van der Waals surface area contributed by atoms with Gasteiger partial charge in [-0.1, -0.05) is 0 Å². The van der Waals surface area contributed by atoms with E-state index in [-0.39, 0.29) is 0 Å². The first-order chi connectivity index (χ1) is 9.63. The minimum Gasteiger partial charge on any atom is -0.399 e. The van der Waals surface area contributed by atoms with E-state index < -0.39 is 0 Å². The molecule has 1 unspecified atom stereocenters. The normalized spacial score (nSPS) is 19.6. The molecule has 1 aliphatic heterocycles. The number of rotatable bonds is 3. The van der Waals surface area contributed by atoms with Gasteiger partial charge in [-0.15, -0.1) is 0 Å². The summed E-state index contributed by atoms with van der Waals surface area (Å²) < 4.78 is 0. The highest BCUT2D eigenvalue weighted by Crippen LogP contribution is 2.27. The highest BCUT2D eigenvalue weighted by atomic mass is 15.2. The Kier molecular flexibility index (Phi) is 3.49. The number of pyridine rings is 1. The lowest BCUT2D eigenvalue weighted by molar-refractivity contribution is 0.396. The van der Waals surface area contributed by atoms with Crippen LogP contribution in [0, 0.1) is 5.92 Å². The molecule has 4 nitrogen and oxygen atoms in total. The molecule has 0 bridgehead atoms. The topological polar surface area (TPSA) is 45.4 Å². The van der Waals surface area contributed by atoms with Gasteiger partial charge in [0.25, 0.3) is 0 Å². The van der Waals surface area contributed by atoms with E-state index in [9.17, 15) is 0 Å². The molecular formula is C16H22N4. The molecule has 1 aromatic carbocycles. The average molecular weight is 270 g/mol.